The van der Waals surface area contributed by atoms with Gasteiger partial charge in [0.2, 0.25) is 0 Å². The van der Waals surface area contributed by atoms with Gasteiger partial charge in [0.05, 0.1) is 20.7 Å². The van der Waals surface area contributed by atoms with Gasteiger partial charge in [0.15, 0.2) is 9.84 Å². The summed E-state index contributed by atoms with van der Waals surface area (Å²) in [7, 11) is -3.52. The van der Waals surface area contributed by atoms with Gasteiger partial charge in [-0.1, -0.05) is 24.3 Å². The van der Waals surface area contributed by atoms with Crippen molar-refractivity contribution in [3.63, 3.8) is 0 Å². The third-order valence-electron chi connectivity index (χ3n) is 5.44. The van der Waals surface area contributed by atoms with E-state index in [0.717, 1.165) is 57.7 Å². The summed E-state index contributed by atoms with van der Waals surface area (Å²) in [5, 5.41) is 4.67. The molecule has 31 heavy (non-hydrogen) atoms. The Morgan fingerprint density at radius 2 is 1.74 bits per heavy atom. The SMILES string of the molecule is CS(=O)(=O)c1ccccc1C(=O)Nc1sc2c(c1-c1nc3ccccc3s1)CCCC2. The zero-order valence-electron chi connectivity index (χ0n) is 16.8. The molecule has 1 aliphatic rings. The molecule has 5 nitrogen and oxygen atoms in total. The number of amides is 1. The number of hydrogen-bond donors (Lipinski definition) is 1. The molecular formula is C23H20N2O3S3. The van der Waals surface area contributed by atoms with Crippen molar-refractivity contribution in [2.24, 2.45) is 0 Å². The Kier molecular flexibility index (Phi) is 5.16. The molecule has 0 saturated heterocycles. The lowest BCUT2D eigenvalue weighted by atomic mass is 9.95. The number of hydrogen-bond acceptors (Lipinski definition) is 6. The highest BCUT2D eigenvalue weighted by molar-refractivity contribution is 7.90. The number of thiazole rings is 1. The van der Waals surface area contributed by atoms with Crippen LogP contribution >= 0.6 is 22.7 Å². The Balaban J connectivity index is 1.61. The molecule has 1 N–H and O–H groups in total. The number of nitrogens with zero attached hydrogens (tertiary/aromatic N) is 1. The van der Waals surface area contributed by atoms with E-state index in [1.807, 2.05) is 18.2 Å². The Labute approximate surface area is 188 Å². The molecule has 158 valence electrons. The predicted octanol–water partition coefficient (Wildman–Crippen LogP) is 5.56. The molecule has 2 heterocycles. The van der Waals surface area contributed by atoms with E-state index < -0.39 is 15.7 Å². The van der Waals surface area contributed by atoms with Crippen LogP contribution in [0.25, 0.3) is 20.8 Å². The van der Waals surface area contributed by atoms with Crippen molar-refractivity contribution < 1.29 is 13.2 Å². The molecule has 0 atom stereocenters. The lowest BCUT2D eigenvalue weighted by molar-refractivity contribution is 0.102. The van der Waals surface area contributed by atoms with Crippen LogP contribution in [-0.2, 0) is 22.7 Å². The highest BCUT2D eigenvalue weighted by atomic mass is 32.2. The van der Waals surface area contributed by atoms with E-state index in [1.165, 1.54) is 16.5 Å². The lowest BCUT2D eigenvalue weighted by Gasteiger charge is -2.12. The molecule has 1 aliphatic carbocycles. The fraction of sp³-hybridized carbons (Fsp3) is 0.217. The first-order valence-corrected chi connectivity index (χ1v) is 13.5. The van der Waals surface area contributed by atoms with Gasteiger partial charge in [-0.2, -0.15) is 0 Å². The molecule has 0 radical (unpaired) electrons. The standard InChI is InChI=1S/C23H20N2O3S3/c1-31(27,28)19-13-7-3-9-15(19)21(26)25-23-20(14-8-2-5-11-17(14)29-23)22-24-16-10-4-6-12-18(16)30-22/h3-4,6-7,9-10,12-13H,2,5,8,11H2,1H3,(H,25,26). The number of sulfone groups is 1. The first-order chi connectivity index (χ1) is 14.9. The summed E-state index contributed by atoms with van der Waals surface area (Å²) in [4.78, 5) is 19.3. The number of thiophene rings is 1. The number of carbonyl (C=O) groups excluding carboxylic acids is 1. The monoisotopic (exact) mass is 468 g/mol. The molecule has 1 amide bonds. The number of fused-ring (bicyclic) bond motifs is 2. The quantitative estimate of drug-likeness (QED) is 0.425. The first-order valence-electron chi connectivity index (χ1n) is 10.0. The molecular weight excluding hydrogens is 448 g/mol. The number of aryl methyl sites for hydroxylation is 1. The molecule has 8 heteroatoms. The van der Waals surface area contributed by atoms with Crippen LogP contribution in [0.4, 0.5) is 5.00 Å². The molecule has 0 saturated carbocycles. The van der Waals surface area contributed by atoms with E-state index in [9.17, 15) is 13.2 Å². The predicted molar refractivity (Wildman–Crippen MR) is 127 cm³/mol. The van der Waals surface area contributed by atoms with Crippen LogP contribution in [0, 0.1) is 0 Å². The molecule has 0 bridgehead atoms. The second kappa shape index (κ2) is 7.85. The zero-order chi connectivity index (χ0) is 21.6. The average Bonchev–Trinajstić information content (AvgIpc) is 3.33. The minimum absolute atomic E-state index is 0.0374. The van der Waals surface area contributed by atoms with Crippen molar-refractivity contribution in [2.75, 3.05) is 11.6 Å². The molecule has 0 aliphatic heterocycles. The van der Waals surface area contributed by atoms with Gasteiger partial charge in [-0.25, -0.2) is 13.4 Å². The van der Waals surface area contributed by atoms with Gasteiger partial charge in [-0.05, 0) is 55.5 Å². The summed E-state index contributed by atoms with van der Waals surface area (Å²) in [5.41, 5.74) is 3.36. The molecule has 2 aromatic heterocycles. The van der Waals surface area contributed by atoms with Crippen LogP contribution in [0.2, 0.25) is 0 Å². The topological polar surface area (TPSA) is 76.1 Å². The highest BCUT2D eigenvalue weighted by Crippen LogP contribution is 2.46. The number of para-hydroxylation sites is 1. The number of aromatic nitrogens is 1. The van der Waals surface area contributed by atoms with E-state index >= 15 is 0 Å². The first kappa shape index (κ1) is 20.4. The Hall–Kier alpha value is -2.55. The van der Waals surface area contributed by atoms with Crippen LogP contribution < -0.4 is 5.32 Å². The van der Waals surface area contributed by atoms with Gasteiger partial charge >= 0.3 is 0 Å². The highest BCUT2D eigenvalue weighted by Gasteiger charge is 2.26. The van der Waals surface area contributed by atoms with Crippen molar-refractivity contribution in [3.05, 3.63) is 64.5 Å². The maximum atomic E-state index is 13.2. The molecule has 0 fully saturated rings. The van der Waals surface area contributed by atoms with Crippen molar-refractivity contribution in [1.29, 1.82) is 0 Å². The van der Waals surface area contributed by atoms with Crippen LogP contribution in [0.5, 0.6) is 0 Å². The summed E-state index contributed by atoms with van der Waals surface area (Å²) in [6.07, 6.45) is 5.33. The Morgan fingerprint density at radius 3 is 2.55 bits per heavy atom. The third-order valence-corrected chi connectivity index (χ3v) is 8.85. The summed E-state index contributed by atoms with van der Waals surface area (Å²) in [5.74, 6) is -0.415. The molecule has 2 aromatic carbocycles. The van der Waals surface area contributed by atoms with Gasteiger partial charge < -0.3 is 5.32 Å². The van der Waals surface area contributed by atoms with Gasteiger partial charge in [0.25, 0.3) is 5.91 Å². The number of rotatable bonds is 4. The largest absolute Gasteiger partial charge is 0.313 e. The minimum atomic E-state index is -3.52. The van der Waals surface area contributed by atoms with Crippen molar-refractivity contribution in [2.45, 2.75) is 30.6 Å². The smallest absolute Gasteiger partial charge is 0.257 e. The van der Waals surface area contributed by atoms with Crippen LogP contribution in [0.15, 0.2) is 53.4 Å². The molecule has 5 rings (SSSR count). The van der Waals surface area contributed by atoms with Crippen LogP contribution in [-0.4, -0.2) is 25.6 Å². The fourth-order valence-corrected chi connectivity index (χ4v) is 7.29. The van der Waals surface area contributed by atoms with E-state index in [2.05, 4.69) is 11.4 Å². The van der Waals surface area contributed by atoms with E-state index in [1.54, 1.807) is 40.9 Å². The Morgan fingerprint density at radius 1 is 1.00 bits per heavy atom. The number of carbonyl (C=O) groups is 1. The molecule has 0 unspecified atom stereocenters. The third kappa shape index (κ3) is 3.79. The second-order valence-electron chi connectivity index (χ2n) is 7.62. The van der Waals surface area contributed by atoms with E-state index in [4.69, 9.17) is 4.98 Å². The maximum Gasteiger partial charge on any atom is 0.257 e. The summed E-state index contributed by atoms with van der Waals surface area (Å²) in [6.45, 7) is 0. The van der Waals surface area contributed by atoms with Crippen molar-refractivity contribution in [3.8, 4) is 10.6 Å². The van der Waals surface area contributed by atoms with E-state index in [-0.39, 0.29) is 10.5 Å². The lowest BCUT2D eigenvalue weighted by Crippen LogP contribution is -2.15. The maximum absolute atomic E-state index is 13.2. The summed E-state index contributed by atoms with van der Waals surface area (Å²) in [6, 6.07) is 14.3. The number of nitrogens with one attached hydrogen (secondary N) is 1. The normalized spacial score (nSPS) is 13.8. The van der Waals surface area contributed by atoms with Crippen LogP contribution in [0.3, 0.4) is 0 Å². The fourth-order valence-electron chi connectivity index (χ4n) is 4.01. The minimum Gasteiger partial charge on any atom is -0.313 e. The Bertz CT molecular complexity index is 1380. The summed E-state index contributed by atoms with van der Waals surface area (Å²) < 4.78 is 25.4. The summed E-state index contributed by atoms with van der Waals surface area (Å²) >= 11 is 3.21. The number of benzene rings is 2. The van der Waals surface area contributed by atoms with Crippen LogP contribution in [0.1, 0.15) is 33.6 Å². The van der Waals surface area contributed by atoms with E-state index in [0.29, 0.717) is 0 Å². The van der Waals surface area contributed by atoms with Gasteiger partial charge in [0, 0.05) is 16.7 Å². The number of anilines is 1. The van der Waals surface area contributed by atoms with Gasteiger partial charge in [0.1, 0.15) is 10.0 Å². The average molecular weight is 469 g/mol. The van der Waals surface area contributed by atoms with Crippen molar-refractivity contribution in [1.82, 2.24) is 4.98 Å². The van der Waals surface area contributed by atoms with Gasteiger partial charge in [-0.15, -0.1) is 22.7 Å². The van der Waals surface area contributed by atoms with Gasteiger partial charge in [-0.3, -0.25) is 4.79 Å². The molecule has 0 spiro atoms. The zero-order valence-corrected chi connectivity index (χ0v) is 19.3. The molecule has 4 aromatic rings. The second-order valence-corrected chi connectivity index (χ2v) is 11.7. The van der Waals surface area contributed by atoms with Crippen molar-refractivity contribution >= 4 is 53.6 Å².